The Hall–Kier alpha value is -0.970. The SMILES string of the molecule is CC(C)Oc1ccc(Cl)cc1C(=O)N1CCCNCC1.Cl. The van der Waals surface area contributed by atoms with E-state index in [1.54, 1.807) is 18.2 Å². The highest BCUT2D eigenvalue weighted by Gasteiger charge is 2.21. The lowest BCUT2D eigenvalue weighted by Gasteiger charge is -2.22. The lowest BCUT2D eigenvalue weighted by Crippen LogP contribution is -2.34. The Morgan fingerprint density at radius 1 is 1.33 bits per heavy atom. The van der Waals surface area contributed by atoms with Crippen LogP contribution in [0.4, 0.5) is 0 Å². The van der Waals surface area contributed by atoms with Crippen LogP contribution in [0.2, 0.25) is 5.02 Å². The number of ether oxygens (including phenoxy) is 1. The minimum Gasteiger partial charge on any atom is -0.490 e. The number of nitrogens with one attached hydrogen (secondary N) is 1. The summed E-state index contributed by atoms with van der Waals surface area (Å²) < 4.78 is 5.72. The predicted molar refractivity (Wildman–Crippen MR) is 87.9 cm³/mol. The molecular weight excluding hydrogens is 311 g/mol. The third kappa shape index (κ3) is 5.06. The highest BCUT2D eigenvalue weighted by Crippen LogP contribution is 2.25. The summed E-state index contributed by atoms with van der Waals surface area (Å²) in [6.07, 6.45) is 0.987. The number of halogens is 2. The van der Waals surface area contributed by atoms with E-state index in [9.17, 15) is 4.79 Å². The Morgan fingerprint density at radius 2 is 2.10 bits per heavy atom. The number of carbonyl (C=O) groups excluding carboxylic acids is 1. The average molecular weight is 333 g/mol. The van der Waals surface area contributed by atoms with Gasteiger partial charge in [-0.25, -0.2) is 0 Å². The summed E-state index contributed by atoms with van der Waals surface area (Å²) in [4.78, 5) is 14.5. The van der Waals surface area contributed by atoms with Crippen molar-refractivity contribution in [3.8, 4) is 5.75 Å². The van der Waals surface area contributed by atoms with Gasteiger partial charge in [-0.15, -0.1) is 12.4 Å². The highest BCUT2D eigenvalue weighted by atomic mass is 35.5. The zero-order chi connectivity index (χ0) is 14.5. The molecule has 1 fully saturated rings. The van der Waals surface area contributed by atoms with Crippen LogP contribution in [0.25, 0.3) is 0 Å². The summed E-state index contributed by atoms with van der Waals surface area (Å²) in [7, 11) is 0. The van der Waals surface area contributed by atoms with Crippen LogP contribution in [-0.4, -0.2) is 43.1 Å². The fourth-order valence-corrected chi connectivity index (χ4v) is 2.42. The molecule has 0 bridgehead atoms. The molecule has 0 aliphatic carbocycles. The molecular formula is C15H22Cl2N2O2. The van der Waals surface area contributed by atoms with Crippen LogP contribution in [0.5, 0.6) is 5.75 Å². The van der Waals surface area contributed by atoms with Crippen molar-refractivity contribution in [1.29, 1.82) is 0 Å². The number of benzene rings is 1. The minimum absolute atomic E-state index is 0. The second kappa shape index (κ2) is 8.47. The van der Waals surface area contributed by atoms with Gasteiger partial charge < -0.3 is 15.0 Å². The summed E-state index contributed by atoms with van der Waals surface area (Å²) in [6.45, 7) is 7.14. The van der Waals surface area contributed by atoms with E-state index in [1.165, 1.54) is 0 Å². The summed E-state index contributed by atoms with van der Waals surface area (Å²) in [6, 6.07) is 5.21. The Labute approximate surface area is 137 Å². The molecule has 1 amide bonds. The van der Waals surface area contributed by atoms with Gasteiger partial charge in [0.25, 0.3) is 5.91 Å². The lowest BCUT2D eigenvalue weighted by atomic mass is 10.1. The largest absolute Gasteiger partial charge is 0.490 e. The van der Waals surface area contributed by atoms with Crippen LogP contribution in [0.1, 0.15) is 30.6 Å². The monoisotopic (exact) mass is 332 g/mol. The van der Waals surface area contributed by atoms with Crippen molar-refractivity contribution < 1.29 is 9.53 Å². The quantitative estimate of drug-likeness (QED) is 0.925. The van der Waals surface area contributed by atoms with Crippen LogP contribution < -0.4 is 10.1 Å². The molecule has 1 N–H and O–H groups in total. The van der Waals surface area contributed by atoms with Crippen LogP contribution in [0.15, 0.2) is 18.2 Å². The van der Waals surface area contributed by atoms with Gasteiger partial charge in [-0.1, -0.05) is 11.6 Å². The van der Waals surface area contributed by atoms with Crippen molar-refractivity contribution >= 4 is 29.9 Å². The van der Waals surface area contributed by atoms with Crippen molar-refractivity contribution in [2.24, 2.45) is 0 Å². The average Bonchev–Trinajstić information content (AvgIpc) is 2.68. The molecule has 0 spiro atoms. The fraction of sp³-hybridized carbons (Fsp3) is 0.533. The molecule has 2 rings (SSSR count). The van der Waals surface area contributed by atoms with Gasteiger partial charge in [0.05, 0.1) is 11.7 Å². The predicted octanol–water partition coefficient (Wildman–Crippen LogP) is 2.98. The molecule has 0 radical (unpaired) electrons. The van der Waals surface area contributed by atoms with Gasteiger partial charge >= 0.3 is 0 Å². The first-order valence-electron chi connectivity index (χ1n) is 7.04. The highest BCUT2D eigenvalue weighted by molar-refractivity contribution is 6.31. The number of amides is 1. The summed E-state index contributed by atoms with van der Waals surface area (Å²) in [5, 5.41) is 3.84. The Kier molecular flexibility index (Phi) is 7.29. The normalized spacial score (nSPS) is 15.3. The van der Waals surface area contributed by atoms with Crippen molar-refractivity contribution in [1.82, 2.24) is 10.2 Å². The molecule has 1 aliphatic rings. The van der Waals surface area contributed by atoms with E-state index in [2.05, 4.69) is 5.32 Å². The van der Waals surface area contributed by atoms with Gasteiger partial charge in [-0.3, -0.25) is 4.79 Å². The molecule has 1 heterocycles. The lowest BCUT2D eigenvalue weighted by molar-refractivity contribution is 0.0760. The van der Waals surface area contributed by atoms with Crippen LogP contribution in [0, 0.1) is 0 Å². The third-order valence-corrected chi connectivity index (χ3v) is 3.40. The molecule has 6 heteroatoms. The first-order valence-corrected chi connectivity index (χ1v) is 7.42. The van der Waals surface area contributed by atoms with E-state index in [0.717, 1.165) is 26.1 Å². The molecule has 1 aromatic carbocycles. The van der Waals surface area contributed by atoms with E-state index >= 15 is 0 Å². The first-order chi connectivity index (χ1) is 9.58. The molecule has 0 aromatic heterocycles. The van der Waals surface area contributed by atoms with Gasteiger partial charge in [0, 0.05) is 24.7 Å². The van der Waals surface area contributed by atoms with Gasteiger partial charge in [-0.05, 0) is 45.0 Å². The molecule has 1 aromatic rings. The standard InChI is InChI=1S/C15H21ClN2O2.ClH/c1-11(2)20-14-5-4-12(16)10-13(14)15(19)18-8-3-6-17-7-9-18;/h4-5,10-11,17H,3,6-9H2,1-2H3;1H. The maximum absolute atomic E-state index is 12.7. The van der Waals surface area contributed by atoms with Crippen LogP contribution in [-0.2, 0) is 0 Å². The number of carbonyl (C=O) groups is 1. The van der Waals surface area contributed by atoms with Gasteiger partial charge in [0.15, 0.2) is 0 Å². The molecule has 1 saturated heterocycles. The van der Waals surface area contributed by atoms with E-state index in [-0.39, 0.29) is 24.4 Å². The Balaban J connectivity index is 0.00000220. The summed E-state index contributed by atoms with van der Waals surface area (Å²) >= 11 is 6.03. The molecule has 118 valence electrons. The smallest absolute Gasteiger partial charge is 0.257 e. The molecule has 0 saturated carbocycles. The molecule has 0 unspecified atom stereocenters. The summed E-state index contributed by atoms with van der Waals surface area (Å²) in [5.41, 5.74) is 0.549. The van der Waals surface area contributed by atoms with Crippen molar-refractivity contribution in [2.75, 3.05) is 26.2 Å². The zero-order valence-corrected chi connectivity index (χ0v) is 14.0. The number of rotatable bonds is 3. The van der Waals surface area contributed by atoms with Gasteiger partial charge in [0.1, 0.15) is 5.75 Å². The second-order valence-corrected chi connectivity index (χ2v) is 5.64. The first kappa shape index (κ1) is 18.1. The van der Waals surface area contributed by atoms with Crippen LogP contribution in [0.3, 0.4) is 0 Å². The zero-order valence-electron chi connectivity index (χ0n) is 12.4. The van der Waals surface area contributed by atoms with Gasteiger partial charge in [-0.2, -0.15) is 0 Å². The Bertz CT molecular complexity index is 473. The number of hydrogen-bond acceptors (Lipinski definition) is 3. The second-order valence-electron chi connectivity index (χ2n) is 5.20. The Morgan fingerprint density at radius 3 is 2.81 bits per heavy atom. The number of nitrogens with zero attached hydrogens (tertiary/aromatic N) is 1. The van der Waals surface area contributed by atoms with E-state index in [4.69, 9.17) is 16.3 Å². The van der Waals surface area contributed by atoms with Crippen LogP contribution >= 0.6 is 24.0 Å². The molecule has 0 atom stereocenters. The summed E-state index contributed by atoms with van der Waals surface area (Å²) in [5.74, 6) is 0.596. The molecule has 21 heavy (non-hydrogen) atoms. The van der Waals surface area contributed by atoms with Crippen molar-refractivity contribution in [2.45, 2.75) is 26.4 Å². The van der Waals surface area contributed by atoms with Crippen molar-refractivity contribution in [3.63, 3.8) is 0 Å². The molecule has 4 nitrogen and oxygen atoms in total. The van der Waals surface area contributed by atoms with E-state index in [0.29, 0.717) is 22.9 Å². The van der Waals surface area contributed by atoms with Gasteiger partial charge in [0.2, 0.25) is 0 Å². The maximum atomic E-state index is 12.7. The topological polar surface area (TPSA) is 41.6 Å². The maximum Gasteiger partial charge on any atom is 0.257 e. The molecule has 1 aliphatic heterocycles. The van der Waals surface area contributed by atoms with E-state index in [1.807, 2.05) is 18.7 Å². The third-order valence-electron chi connectivity index (χ3n) is 3.16. The minimum atomic E-state index is -0.00755. The number of hydrogen-bond donors (Lipinski definition) is 1. The van der Waals surface area contributed by atoms with E-state index < -0.39 is 0 Å². The fourth-order valence-electron chi connectivity index (χ4n) is 2.25. The van der Waals surface area contributed by atoms with Crippen molar-refractivity contribution in [3.05, 3.63) is 28.8 Å².